The van der Waals surface area contributed by atoms with Crippen molar-refractivity contribution in [3.8, 4) is 5.75 Å². The molecule has 150 valence electrons. The van der Waals surface area contributed by atoms with E-state index in [4.69, 9.17) is 4.74 Å². The molecule has 1 fully saturated rings. The minimum Gasteiger partial charge on any atom is -0.484 e. The molecule has 0 bridgehead atoms. The predicted octanol–water partition coefficient (Wildman–Crippen LogP) is 2.79. The van der Waals surface area contributed by atoms with E-state index in [1.807, 2.05) is 31.2 Å². The largest absolute Gasteiger partial charge is 0.484 e. The quantitative estimate of drug-likeness (QED) is 0.801. The number of rotatable bonds is 7. The molecule has 1 aliphatic rings. The fraction of sp³-hybridized carbons (Fsp3) is 0.435. The Kier molecular flexibility index (Phi) is 7.06. The fourth-order valence-corrected chi connectivity index (χ4v) is 3.42. The summed E-state index contributed by atoms with van der Waals surface area (Å²) in [5, 5.41) is 3.07. The zero-order valence-corrected chi connectivity index (χ0v) is 17.1. The lowest BCUT2D eigenvalue weighted by molar-refractivity contribution is -0.123. The zero-order valence-electron chi connectivity index (χ0n) is 17.1. The first-order valence-corrected chi connectivity index (χ1v) is 9.96. The summed E-state index contributed by atoms with van der Waals surface area (Å²) in [5.74, 6) is 0.627. The standard InChI is InChI=1S/C23H31N3O2/c1-18-4-8-20(9-5-18)22(26-14-12-25(3)13-15-26)16-24-23(27)17-28-21-10-6-19(2)7-11-21/h4-11,22H,12-17H2,1-3H3,(H,24,27). The van der Waals surface area contributed by atoms with Crippen LogP contribution < -0.4 is 10.1 Å². The highest BCUT2D eigenvalue weighted by Crippen LogP contribution is 2.22. The van der Waals surface area contributed by atoms with E-state index in [1.165, 1.54) is 16.7 Å². The van der Waals surface area contributed by atoms with Crippen molar-refractivity contribution in [3.63, 3.8) is 0 Å². The minimum absolute atomic E-state index is 0.0341. The molecule has 0 saturated carbocycles. The van der Waals surface area contributed by atoms with Gasteiger partial charge in [0, 0.05) is 32.7 Å². The van der Waals surface area contributed by atoms with Crippen molar-refractivity contribution < 1.29 is 9.53 Å². The number of carbonyl (C=O) groups is 1. The molecule has 1 unspecified atom stereocenters. The summed E-state index contributed by atoms with van der Waals surface area (Å²) in [4.78, 5) is 17.2. The van der Waals surface area contributed by atoms with Crippen molar-refractivity contribution in [1.29, 1.82) is 0 Å². The van der Waals surface area contributed by atoms with Gasteiger partial charge >= 0.3 is 0 Å². The number of piperazine rings is 1. The molecule has 1 amide bonds. The number of likely N-dealkylation sites (N-methyl/N-ethyl adjacent to an activating group) is 1. The van der Waals surface area contributed by atoms with Crippen molar-refractivity contribution in [2.45, 2.75) is 19.9 Å². The fourth-order valence-electron chi connectivity index (χ4n) is 3.42. The van der Waals surface area contributed by atoms with Gasteiger partial charge in [0.05, 0.1) is 6.04 Å². The molecule has 5 nitrogen and oxygen atoms in total. The van der Waals surface area contributed by atoms with Crippen LogP contribution in [0, 0.1) is 13.8 Å². The Bertz CT molecular complexity index is 750. The van der Waals surface area contributed by atoms with Gasteiger partial charge < -0.3 is 15.0 Å². The summed E-state index contributed by atoms with van der Waals surface area (Å²) in [6, 6.07) is 16.5. The number of ether oxygens (including phenoxy) is 1. The highest BCUT2D eigenvalue weighted by Gasteiger charge is 2.24. The Hall–Kier alpha value is -2.37. The lowest BCUT2D eigenvalue weighted by atomic mass is 10.0. The highest BCUT2D eigenvalue weighted by molar-refractivity contribution is 5.77. The number of hydrogen-bond donors (Lipinski definition) is 1. The van der Waals surface area contributed by atoms with E-state index in [0.717, 1.165) is 31.9 Å². The average Bonchev–Trinajstić information content (AvgIpc) is 2.70. The number of amides is 1. The molecule has 0 spiro atoms. The van der Waals surface area contributed by atoms with Crippen molar-refractivity contribution in [3.05, 3.63) is 65.2 Å². The lowest BCUT2D eigenvalue weighted by Crippen LogP contribution is -2.48. The minimum atomic E-state index is -0.0909. The number of hydrogen-bond acceptors (Lipinski definition) is 4. The van der Waals surface area contributed by atoms with Crippen molar-refractivity contribution in [2.75, 3.05) is 46.4 Å². The molecule has 5 heteroatoms. The first-order chi connectivity index (χ1) is 13.5. The molecule has 1 atom stereocenters. The van der Waals surface area contributed by atoms with Crippen molar-refractivity contribution in [1.82, 2.24) is 15.1 Å². The molecule has 1 aliphatic heterocycles. The van der Waals surface area contributed by atoms with Gasteiger partial charge in [0.15, 0.2) is 6.61 Å². The van der Waals surface area contributed by atoms with Crippen molar-refractivity contribution in [2.24, 2.45) is 0 Å². The Balaban J connectivity index is 1.58. The van der Waals surface area contributed by atoms with E-state index in [1.54, 1.807) is 0 Å². The van der Waals surface area contributed by atoms with Crippen LogP contribution in [0.5, 0.6) is 5.75 Å². The topological polar surface area (TPSA) is 44.8 Å². The molecule has 28 heavy (non-hydrogen) atoms. The van der Waals surface area contributed by atoms with E-state index < -0.39 is 0 Å². The first-order valence-electron chi connectivity index (χ1n) is 9.96. The van der Waals surface area contributed by atoms with Crippen LogP contribution in [0.4, 0.5) is 0 Å². The third-order valence-corrected chi connectivity index (χ3v) is 5.32. The van der Waals surface area contributed by atoms with Crippen LogP contribution in [0.3, 0.4) is 0 Å². The second-order valence-electron chi connectivity index (χ2n) is 7.67. The van der Waals surface area contributed by atoms with Crippen LogP contribution in [0.2, 0.25) is 0 Å². The summed E-state index contributed by atoms with van der Waals surface area (Å²) in [7, 11) is 2.16. The third-order valence-electron chi connectivity index (χ3n) is 5.32. The van der Waals surface area contributed by atoms with Crippen LogP contribution in [0.15, 0.2) is 48.5 Å². The van der Waals surface area contributed by atoms with E-state index in [-0.39, 0.29) is 18.6 Å². The van der Waals surface area contributed by atoms with Gasteiger partial charge in [0.2, 0.25) is 0 Å². The second kappa shape index (κ2) is 9.71. The summed E-state index contributed by atoms with van der Waals surface area (Å²) in [6.07, 6.45) is 0. The molecule has 2 aromatic rings. The maximum Gasteiger partial charge on any atom is 0.258 e. The summed E-state index contributed by atoms with van der Waals surface area (Å²) < 4.78 is 5.60. The van der Waals surface area contributed by atoms with Gasteiger partial charge in [-0.2, -0.15) is 0 Å². The number of aryl methyl sites for hydroxylation is 2. The van der Waals surface area contributed by atoms with E-state index in [9.17, 15) is 4.79 Å². The number of benzene rings is 2. The maximum absolute atomic E-state index is 12.3. The van der Waals surface area contributed by atoms with Gasteiger partial charge in [-0.05, 0) is 38.6 Å². The third kappa shape index (κ3) is 5.81. The highest BCUT2D eigenvalue weighted by atomic mass is 16.5. The molecule has 2 aromatic carbocycles. The van der Waals surface area contributed by atoms with E-state index in [0.29, 0.717) is 6.54 Å². The molecular weight excluding hydrogens is 350 g/mol. The van der Waals surface area contributed by atoms with Gasteiger partial charge in [-0.1, -0.05) is 47.5 Å². The maximum atomic E-state index is 12.3. The van der Waals surface area contributed by atoms with Crippen molar-refractivity contribution >= 4 is 5.91 Å². The number of nitrogens with one attached hydrogen (secondary N) is 1. The molecule has 0 aromatic heterocycles. The van der Waals surface area contributed by atoms with E-state index in [2.05, 4.69) is 53.4 Å². The molecule has 3 rings (SSSR count). The van der Waals surface area contributed by atoms with Gasteiger partial charge in [-0.25, -0.2) is 0 Å². The number of carbonyl (C=O) groups excluding carboxylic acids is 1. The average molecular weight is 382 g/mol. The molecule has 1 saturated heterocycles. The van der Waals surface area contributed by atoms with Crippen LogP contribution in [0.1, 0.15) is 22.7 Å². The monoisotopic (exact) mass is 381 g/mol. The molecular formula is C23H31N3O2. The normalized spacial score (nSPS) is 16.5. The SMILES string of the molecule is Cc1ccc(OCC(=O)NCC(c2ccc(C)cc2)N2CCN(C)CC2)cc1. The molecule has 1 N–H and O–H groups in total. The van der Waals surface area contributed by atoms with Crippen LogP contribution in [0.25, 0.3) is 0 Å². The second-order valence-corrected chi connectivity index (χ2v) is 7.67. The first kappa shape index (κ1) is 20.4. The Morgan fingerprint density at radius 3 is 2.14 bits per heavy atom. The van der Waals surface area contributed by atoms with Crippen LogP contribution in [-0.2, 0) is 4.79 Å². The van der Waals surface area contributed by atoms with Gasteiger partial charge in [0.1, 0.15) is 5.75 Å². The summed E-state index contributed by atoms with van der Waals surface area (Å²) in [6.45, 7) is 8.85. The van der Waals surface area contributed by atoms with Crippen LogP contribution in [-0.4, -0.2) is 62.1 Å². The molecule has 0 radical (unpaired) electrons. The van der Waals surface area contributed by atoms with Crippen LogP contribution >= 0.6 is 0 Å². The van der Waals surface area contributed by atoms with Gasteiger partial charge in [-0.3, -0.25) is 9.69 Å². The van der Waals surface area contributed by atoms with Gasteiger partial charge in [-0.15, -0.1) is 0 Å². The summed E-state index contributed by atoms with van der Waals surface area (Å²) >= 11 is 0. The molecule has 0 aliphatic carbocycles. The Morgan fingerprint density at radius 2 is 1.54 bits per heavy atom. The van der Waals surface area contributed by atoms with E-state index >= 15 is 0 Å². The lowest BCUT2D eigenvalue weighted by Gasteiger charge is -2.38. The predicted molar refractivity (Wildman–Crippen MR) is 113 cm³/mol. The smallest absolute Gasteiger partial charge is 0.258 e. The summed E-state index contributed by atoms with van der Waals surface area (Å²) in [5.41, 5.74) is 3.66. The Morgan fingerprint density at radius 1 is 0.964 bits per heavy atom. The Labute approximate surface area is 168 Å². The number of nitrogens with zero attached hydrogens (tertiary/aromatic N) is 2. The molecule has 1 heterocycles. The van der Waals surface area contributed by atoms with Gasteiger partial charge in [0.25, 0.3) is 5.91 Å². The zero-order chi connectivity index (χ0) is 19.9.